The van der Waals surface area contributed by atoms with E-state index in [2.05, 4.69) is 0 Å². The van der Waals surface area contributed by atoms with Crippen LogP contribution in [0.2, 0.25) is 0 Å². The van der Waals surface area contributed by atoms with Crippen LogP contribution in [0.3, 0.4) is 0 Å². The minimum Gasteiger partial charge on any atom is -0.384 e. The fourth-order valence-corrected chi connectivity index (χ4v) is 3.29. The molecule has 0 unspecified atom stereocenters. The maximum atomic E-state index is 13.0. The zero-order valence-electron chi connectivity index (χ0n) is 16.2. The molecule has 0 saturated carbocycles. The largest absolute Gasteiger partial charge is 0.384 e. The summed E-state index contributed by atoms with van der Waals surface area (Å²) in [5.41, 5.74) is -2.11. The lowest BCUT2D eigenvalue weighted by atomic mass is 9.81. The summed E-state index contributed by atoms with van der Waals surface area (Å²) in [6, 6.07) is 9.85. The molecule has 3 N–H and O–H groups in total. The number of nitro groups is 2. The third-order valence-electron chi connectivity index (χ3n) is 4.85. The van der Waals surface area contributed by atoms with E-state index in [4.69, 9.17) is 0 Å². The van der Waals surface area contributed by atoms with Crippen molar-refractivity contribution in [3.05, 3.63) is 103 Å². The molecular weight excluding hydrogens is 408 g/mol. The van der Waals surface area contributed by atoms with Gasteiger partial charge in [-0.15, -0.1) is 0 Å². The first kappa shape index (κ1) is 22.0. The van der Waals surface area contributed by atoms with E-state index >= 15 is 0 Å². The molecule has 0 spiro atoms. The van der Waals surface area contributed by atoms with Crippen LogP contribution in [0.4, 0.5) is 11.4 Å². The number of aliphatic hydroxyl groups is 3. The van der Waals surface area contributed by atoms with Crippen LogP contribution in [0.25, 0.3) is 0 Å². The van der Waals surface area contributed by atoms with E-state index in [1.165, 1.54) is 55.5 Å². The number of non-ortho nitro benzene ring substituents is 2. The Bertz CT molecular complexity index is 1020. The number of carbonyl (C=O) groups is 1. The van der Waals surface area contributed by atoms with Crippen molar-refractivity contribution in [1.82, 2.24) is 0 Å². The Morgan fingerprint density at radius 3 is 1.39 bits per heavy atom. The summed E-state index contributed by atoms with van der Waals surface area (Å²) >= 11 is 0. The molecule has 10 heteroatoms. The zero-order valence-corrected chi connectivity index (χ0v) is 16.2. The standard InChI is InChI=1S/C21H18N2O8/c1-21(27)10-16(18(24)12-2-6-14(7-3-12)22(28)29)20(26)17(11-21)19(25)13-4-8-15(9-5-13)23(30)31/h2-11,18-19,24-25,27H,1H3/t18-,19-/m0/s1. The van der Waals surface area contributed by atoms with Gasteiger partial charge in [-0.25, -0.2) is 0 Å². The van der Waals surface area contributed by atoms with Gasteiger partial charge < -0.3 is 15.3 Å². The first-order valence-corrected chi connectivity index (χ1v) is 9.07. The van der Waals surface area contributed by atoms with Crippen molar-refractivity contribution in [3.8, 4) is 0 Å². The highest BCUT2D eigenvalue weighted by Gasteiger charge is 2.36. The van der Waals surface area contributed by atoms with Crippen molar-refractivity contribution < 1.29 is 30.0 Å². The summed E-state index contributed by atoms with van der Waals surface area (Å²) < 4.78 is 0. The van der Waals surface area contributed by atoms with Crippen LogP contribution < -0.4 is 0 Å². The number of hydrogen-bond acceptors (Lipinski definition) is 8. The summed E-state index contributed by atoms with van der Waals surface area (Å²) in [5.74, 6) is -0.733. The Labute approximate surface area is 175 Å². The van der Waals surface area contributed by atoms with E-state index in [0.29, 0.717) is 0 Å². The Balaban J connectivity index is 1.92. The first-order valence-electron chi connectivity index (χ1n) is 9.07. The van der Waals surface area contributed by atoms with Gasteiger partial charge in [0.15, 0.2) is 5.78 Å². The number of aliphatic hydroxyl groups excluding tert-OH is 2. The smallest absolute Gasteiger partial charge is 0.269 e. The molecule has 0 fully saturated rings. The highest BCUT2D eigenvalue weighted by Crippen LogP contribution is 2.36. The molecule has 160 valence electrons. The lowest BCUT2D eigenvalue weighted by Gasteiger charge is -2.28. The van der Waals surface area contributed by atoms with Crippen LogP contribution in [0.15, 0.2) is 71.8 Å². The molecule has 0 aromatic heterocycles. The molecule has 0 heterocycles. The van der Waals surface area contributed by atoms with Gasteiger partial charge in [0, 0.05) is 35.4 Å². The summed E-state index contributed by atoms with van der Waals surface area (Å²) in [6.07, 6.45) is -0.721. The Morgan fingerprint density at radius 1 is 0.774 bits per heavy atom. The third kappa shape index (κ3) is 4.56. The van der Waals surface area contributed by atoms with E-state index in [-0.39, 0.29) is 33.6 Å². The lowest BCUT2D eigenvalue weighted by Crippen LogP contribution is -2.31. The summed E-state index contributed by atoms with van der Waals surface area (Å²) in [7, 11) is 0. The first-order chi connectivity index (χ1) is 14.5. The van der Waals surface area contributed by atoms with Crippen molar-refractivity contribution in [2.24, 2.45) is 0 Å². The van der Waals surface area contributed by atoms with Crippen LogP contribution >= 0.6 is 0 Å². The fraction of sp³-hybridized carbons (Fsp3) is 0.190. The van der Waals surface area contributed by atoms with E-state index in [1.807, 2.05) is 0 Å². The molecule has 31 heavy (non-hydrogen) atoms. The van der Waals surface area contributed by atoms with Crippen LogP contribution in [0.1, 0.15) is 30.3 Å². The zero-order chi connectivity index (χ0) is 22.9. The van der Waals surface area contributed by atoms with Crippen molar-refractivity contribution >= 4 is 17.2 Å². The minimum atomic E-state index is -1.68. The third-order valence-corrected chi connectivity index (χ3v) is 4.85. The Hall–Kier alpha value is -3.73. The second kappa shape index (κ2) is 8.19. The average molecular weight is 426 g/mol. The van der Waals surface area contributed by atoms with Crippen LogP contribution in [0, 0.1) is 20.2 Å². The van der Waals surface area contributed by atoms with Gasteiger partial charge >= 0.3 is 0 Å². The topological polar surface area (TPSA) is 164 Å². The monoisotopic (exact) mass is 426 g/mol. The molecule has 0 aliphatic heterocycles. The van der Waals surface area contributed by atoms with Gasteiger partial charge in [0.25, 0.3) is 11.4 Å². The molecule has 3 rings (SSSR count). The number of nitro benzene ring substituents is 2. The molecule has 10 nitrogen and oxygen atoms in total. The Kier molecular flexibility index (Phi) is 5.80. The number of Topliss-reactive ketones (excluding diaryl/α,β-unsaturated/α-hetero) is 1. The quantitative estimate of drug-likeness (QED) is 0.468. The maximum absolute atomic E-state index is 13.0. The van der Waals surface area contributed by atoms with Crippen LogP contribution in [-0.4, -0.2) is 36.6 Å². The van der Waals surface area contributed by atoms with Gasteiger partial charge in [-0.3, -0.25) is 25.0 Å². The normalized spacial score (nSPS) is 17.4. The molecule has 1 aliphatic carbocycles. The molecule has 2 aromatic carbocycles. The number of carbonyl (C=O) groups excluding carboxylic acids is 1. The highest BCUT2D eigenvalue weighted by molar-refractivity contribution is 6.11. The summed E-state index contributed by atoms with van der Waals surface area (Å²) in [5, 5.41) is 53.5. The van der Waals surface area contributed by atoms with Crippen molar-refractivity contribution in [1.29, 1.82) is 0 Å². The second-order valence-corrected chi connectivity index (χ2v) is 7.26. The number of nitrogens with zero attached hydrogens (tertiary/aromatic N) is 2. The summed E-state index contributed by atoms with van der Waals surface area (Å²) in [4.78, 5) is 33.4. The molecule has 0 bridgehead atoms. The number of benzene rings is 2. The average Bonchev–Trinajstić information content (AvgIpc) is 2.74. The predicted molar refractivity (Wildman–Crippen MR) is 108 cm³/mol. The number of hydrogen-bond donors (Lipinski definition) is 3. The minimum absolute atomic E-state index is 0.187. The molecule has 0 saturated heterocycles. The van der Waals surface area contributed by atoms with Gasteiger partial charge in [-0.2, -0.15) is 0 Å². The SMILES string of the molecule is CC1(O)C=C([C@@H](O)c2ccc([N+](=O)[O-])cc2)C(=O)C([C@@H](O)c2ccc([N+](=O)[O-])cc2)=C1. The van der Waals surface area contributed by atoms with Gasteiger partial charge in [-0.05, 0) is 54.5 Å². The maximum Gasteiger partial charge on any atom is 0.269 e. The predicted octanol–water partition coefficient (Wildman–Crippen LogP) is 2.46. The van der Waals surface area contributed by atoms with Crippen LogP contribution in [0.5, 0.6) is 0 Å². The molecule has 0 radical (unpaired) electrons. The van der Waals surface area contributed by atoms with Gasteiger partial charge in [0.2, 0.25) is 0 Å². The highest BCUT2D eigenvalue weighted by atomic mass is 16.6. The van der Waals surface area contributed by atoms with Crippen molar-refractivity contribution in [2.75, 3.05) is 0 Å². The van der Waals surface area contributed by atoms with E-state index in [9.17, 15) is 40.3 Å². The van der Waals surface area contributed by atoms with Crippen molar-refractivity contribution in [2.45, 2.75) is 24.7 Å². The van der Waals surface area contributed by atoms with Gasteiger partial charge in [-0.1, -0.05) is 0 Å². The van der Waals surface area contributed by atoms with E-state index in [1.54, 1.807) is 0 Å². The molecule has 0 amide bonds. The van der Waals surface area contributed by atoms with Crippen LogP contribution in [-0.2, 0) is 4.79 Å². The number of ketones is 1. The van der Waals surface area contributed by atoms with E-state index in [0.717, 1.165) is 12.2 Å². The summed E-state index contributed by atoms with van der Waals surface area (Å²) in [6.45, 7) is 1.35. The Morgan fingerprint density at radius 2 is 1.10 bits per heavy atom. The molecular formula is C21H18N2O8. The van der Waals surface area contributed by atoms with E-state index < -0.39 is 33.4 Å². The fourth-order valence-electron chi connectivity index (χ4n) is 3.29. The molecule has 2 atom stereocenters. The van der Waals surface area contributed by atoms with Crippen molar-refractivity contribution in [3.63, 3.8) is 0 Å². The molecule has 2 aromatic rings. The number of rotatable bonds is 6. The van der Waals surface area contributed by atoms with Gasteiger partial charge in [0.1, 0.15) is 12.2 Å². The lowest BCUT2D eigenvalue weighted by molar-refractivity contribution is -0.385. The van der Waals surface area contributed by atoms with Gasteiger partial charge in [0.05, 0.1) is 15.4 Å². The second-order valence-electron chi connectivity index (χ2n) is 7.26. The molecule has 1 aliphatic rings.